The minimum Gasteiger partial charge on any atom is -0.396 e. The number of anilines is 1. The Labute approximate surface area is 87.0 Å². The van der Waals surface area contributed by atoms with Crippen LogP contribution in [-0.2, 0) is 6.54 Å². The molecule has 5 nitrogen and oxygen atoms in total. The molecule has 0 aromatic carbocycles. The van der Waals surface area contributed by atoms with Crippen LogP contribution in [0.3, 0.4) is 0 Å². The van der Waals surface area contributed by atoms with Gasteiger partial charge < -0.3 is 10.8 Å². The van der Waals surface area contributed by atoms with Crippen molar-refractivity contribution in [1.29, 1.82) is 0 Å². The molecule has 6 heteroatoms. The van der Waals surface area contributed by atoms with Crippen LogP contribution in [-0.4, -0.2) is 32.2 Å². The number of nitrogen functional groups attached to an aromatic ring is 1. The maximum atomic E-state index is 8.63. The van der Waals surface area contributed by atoms with E-state index in [2.05, 4.69) is 16.8 Å². The number of rotatable bonds is 6. The van der Waals surface area contributed by atoms with Crippen LogP contribution in [0, 0.1) is 0 Å². The Kier molecular flexibility index (Phi) is 4.48. The van der Waals surface area contributed by atoms with E-state index in [0.29, 0.717) is 12.5 Å². The van der Waals surface area contributed by atoms with E-state index in [1.54, 1.807) is 10.6 Å². The molecule has 0 bridgehead atoms. The predicted molar refractivity (Wildman–Crippen MR) is 57.1 cm³/mol. The molecule has 0 aliphatic heterocycles. The molecule has 0 unspecified atom stereocenters. The van der Waals surface area contributed by atoms with Gasteiger partial charge in [0.05, 0.1) is 0 Å². The number of allylic oxidation sites excluding steroid dienone is 1. The molecule has 0 aliphatic carbocycles. The zero-order chi connectivity index (χ0) is 10.4. The fourth-order valence-corrected chi connectivity index (χ4v) is 1.81. The van der Waals surface area contributed by atoms with Crippen LogP contribution < -0.4 is 5.73 Å². The van der Waals surface area contributed by atoms with E-state index in [-0.39, 0.29) is 6.61 Å². The van der Waals surface area contributed by atoms with Crippen molar-refractivity contribution in [1.82, 2.24) is 14.8 Å². The molecular formula is C8H14N4OS. The number of aliphatic hydroxyl groups is 1. The van der Waals surface area contributed by atoms with Gasteiger partial charge in [0.25, 0.3) is 0 Å². The lowest BCUT2D eigenvalue weighted by atomic mass is 10.5. The highest BCUT2D eigenvalue weighted by Gasteiger charge is 2.07. The molecule has 0 fully saturated rings. The van der Waals surface area contributed by atoms with Crippen molar-refractivity contribution in [2.24, 2.45) is 0 Å². The van der Waals surface area contributed by atoms with Crippen LogP contribution in [0.1, 0.15) is 6.42 Å². The van der Waals surface area contributed by atoms with Gasteiger partial charge in [-0.1, -0.05) is 17.8 Å². The van der Waals surface area contributed by atoms with Gasteiger partial charge in [0.15, 0.2) is 5.16 Å². The van der Waals surface area contributed by atoms with E-state index >= 15 is 0 Å². The first kappa shape index (κ1) is 11.1. The van der Waals surface area contributed by atoms with Gasteiger partial charge in [-0.15, -0.1) is 16.8 Å². The fraction of sp³-hybridized carbons (Fsp3) is 0.500. The summed E-state index contributed by atoms with van der Waals surface area (Å²) in [4.78, 5) is 0. The third-order valence-corrected chi connectivity index (χ3v) is 2.64. The summed E-state index contributed by atoms with van der Waals surface area (Å²) in [5.74, 6) is 1.21. The molecule has 0 amide bonds. The normalized spacial score (nSPS) is 10.4. The highest BCUT2D eigenvalue weighted by molar-refractivity contribution is 7.99. The summed E-state index contributed by atoms with van der Waals surface area (Å²) in [6.07, 6.45) is 2.49. The lowest BCUT2D eigenvalue weighted by Gasteiger charge is -2.03. The summed E-state index contributed by atoms with van der Waals surface area (Å²) < 4.78 is 1.79. The highest BCUT2D eigenvalue weighted by Crippen LogP contribution is 2.18. The lowest BCUT2D eigenvalue weighted by Crippen LogP contribution is -2.03. The van der Waals surface area contributed by atoms with Crippen molar-refractivity contribution in [3.63, 3.8) is 0 Å². The molecule has 0 aliphatic rings. The molecule has 14 heavy (non-hydrogen) atoms. The van der Waals surface area contributed by atoms with Crippen molar-refractivity contribution in [2.45, 2.75) is 18.1 Å². The predicted octanol–water partition coefficient (Wildman–Crippen LogP) is 0.521. The third kappa shape index (κ3) is 2.74. The molecule has 1 aromatic heterocycles. The van der Waals surface area contributed by atoms with Crippen molar-refractivity contribution in [3.8, 4) is 0 Å². The summed E-state index contributed by atoms with van der Waals surface area (Å²) in [5, 5.41) is 17.1. The molecule has 0 spiro atoms. The van der Waals surface area contributed by atoms with E-state index in [4.69, 9.17) is 10.8 Å². The van der Waals surface area contributed by atoms with Gasteiger partial charge in [0, 0.05) is 18.9 Å². The smallest absolute Gasteiger partial charge is 0.222 e. The number of nitrogens with zero attached hydrogens (tertiary/aromatic N) is 3. The average Bonchev–Trinajstić information content (AvgIpc) is 2.51. The summed E-state index contributed by atoms with van der Waals surface area (Å²) in [5.41, 5.74) is 5.61. The summed E-state index contributed by atoms with van der Waals surface area (Å²) >= 11 is 1.53. The van der Waals surface area contributed by atoms with Crippen LogP contribution in [0.5, 0.6) is 0 Å². The first-order valence-electron chi connectivity index (χ1n) is 4.32. The second-order valence-electron chi connectivity index (χ2n) is 2.67. The maximum Gasteiger partial charge on any atom is 0.222 e. The molecule has 0 saturated heterocycles. The van der Waals surface area contributed by atoms with Crippen molar-refractivity contribution >= 4 is 17.7 Å². The van der Waals surface area contributed by atoms with Crippen LogP contribution in [0.2, 0.25) is 0 Å². The first-order valence-corrected chi connectivity index (χ1v) is 5.31. The standard InChI is InChI=1S/C8H14N4OS/c1-2-4-12-7(9)10-11-8(12)14-6-3-5-13/h2,13H,1,3-6H2,(H2,9,10). The van der Waals surface area contributed by atoms with Gasteiger partial charge in [-0.25, -0.2) is 0 Å². The zero-order valence-corrected chi connectivity index (χ0v) is 8.70. The number of hydrogen-bond acceptors (Lipinski definition) is 5. The largest absolute Gasteiger partial charge is 0.396 e. The molecule has 78 valence electrons. The summed E-state index contributed by atoms with van der Waals surface area (Å²) in [6, 6.07) is 0. The number of nitrogens with two attached hydrogens (primary N) is 1. The second-order valence-corrected chi connectivity index (χ2v) is 3.73. The topological polar surface area (TPSA) is 77.0 Å². The Balaban J connectivity index is 2.60. The summed E-state index contributed by atoms with van der Waals surface area (Å²) in [7, 11) is 0. The van der Waals surface area contributed by atoms with E-state index in [1.807, 2.05) is 0 Å². The van der Waals surface area contributed by atoms with E-state index < -0.39 is 0 Å². The molecule has 0 atom stereocenters. The van der Waals surface area contributed by atoms with Gasteiger partial charge in [-0.3, -0.25) is 4.57 Å². The first-order chi connectivity index (χ1) is 6.79. The van der Waals surface area contributed by atoms with Crippen molar-refractivity contribution in [2.75, 3.05) is 18.1 Å². The van der Waals surface area contributed by atoms with Crippen LogP contribution in [0.15, 0.2) is 17.8 Å². The van der Waals surface area contributed by atoms with Gasteiger partial charge >= 0.3 is 0 Å². The lowest BCUT2D eigenvalue weighted by molar-refractivity contribution is 0.296. The number of aliphatic hydroxyl groups excluding tert-OH is 1. The Bertz CT molecular complexity index is 300. The Morgan fingerprint density at radius 2 is 2.36 bits per heavy atom. The Morgan fingerprint density at radius 3 is 3.00 bits per heavy atom. The van der Waals surface area contributed by atoms with Crippen molar-refractivity contribution < 1.29 is 5.11 Å². The fourth-order valence-electron chi connectivity index (χ4n) is 0.935. The zero-order valence-electron chi connectivity index (χ0n) is 7.89. The average molecular weight is 214 g/mol. The third-order valence-electron chi connectivity index (χ3n) is 1.59. The minimum atomic E-state index is 0.193. The number of aromatic nitrogens is 3. The summed E-state index contributed by atoms with van der Waals surface area (Å²) in [6.45, 7) is 4.44. The van der Waals surface area contributed by atoms with E-state index in [0.717, 1.165) is 17.3 Å². The van der Waals surface area contributed by atoms with Crippen LogP contribution >= 0.6 is 11.8 Å². The molecule has 3 N–H and O–H groups in total. The molecular weight excluding hydrogens is 200 g/mol. The number of hydrogen-bond donors (Lipinski definition) is 2. The van der Waals surface area contributed by atoms with Gasteiger partial charge in [-0.2, -0.15) is 0 Å². The minimum absolute atomic E-state index is 0.193. The van der Waals surface area contributed by atoms with E-state index in [1.165, 1.54) is 11.8 Å². The van der Waals surface area contributed by atoms with Crippen LogP contribution in [0.4, 0.5) is 5.95 Å². The second kappa shape index (κ2) is 5.66. The monoisotopic (exact) mass is 214 g/mol. The van der Waals surface area contributed by atoms with Crippen LogP contribution in [0.25, 0.3) is 0 Å². The molecule has 0 saturated carbocycles. The molecule has 1 aromatic rings. The molecule has 1 rings (SSSR count). The van der Waals surface area contributed by atoms with Gasteiger partial charge in [0.2, 0.25) is 5.95 Å². The molecule has 0 radical (unpaired) electrons. The maximum absolute atomic E-state index is 8.63. The van der Waals surface area contributed by atoms with E-state index in [9.17, 15) is 0 Å². The SMILES string of the molecule is C=CCn1c(N)nnc1SCCCO. The number of thioether (sulfide) groups is 1. The van der Waals surface area contributed by atoms with Crippen molar-refractivity contribution in [3.05, 3.63) is 12.7 Å². The Morgan fingerprint density at radius 1 is 1.57 bits per heavy atom. The Hall–Kier alpha value is -1.01. The molecule has 1 heterocycles. The van der Waals surface area contributed by atoms with Gasteiger partial charge in [-0.05, 0) is 6.42 Å². The van der Waals surface area contributed by atoms with Gasteiger partial charge in [0.1, 0.15) is 0 Å². The highest BCUT2D eigenvalue weighted by atomic mass is 32.2. The quantitative estimate of drug-likeness (QED) is 0.410.